The van der Waals surface area contributed by atoms with E-state index in [0.717, 1.165) is 0 Å². The van der Waals surface area contributed by atoms with Crippen LogP contribution in [0.3, 0.4) is 0 Å². The number of aliphatic hydroxyl groups excluding tert-OH is 2. The fourth-order valence-electron chi connectivity index (χ4n) is 1.64. The average Bonchev–Trinajstić information content (AvgIpc) is 2.47. The Hall–Kier alpha value is -2.35. The lowest BCUT2D eigenvalue weighted by Gasteiger charge is -2.13. The molecule has 0 amide bonds. The molecular weight excluding hydrogens is 242 g/mol. The van der Waals surface area contributed by atoms with Gasteiger partial charge in [-0.15, -0.1) is 0 Å². The van der Waals surface area contributed by atoms with Crippen LogP contribution in [0.15, 0.2) is 54.6 Å². The van der Waals surface area contributed by atoms with Gasteiger partial charge in [-0.1, -0.05) is 30.3 Å². The maximum absolute atomic E-state index is 9.75. The summed E-state index contributed by atoms with van der Waals surface area (Å²) in [6.45, 7) is 0. The Morgan fingerprint density at radius 2 is 1.63 bits per heavy atom. The highest BCUT2D eigenvalue weighted by atomic mass is 16.5. The van der Waals surface area contributed by atoms with Gasteiger partial charge in [-0.3, -0.25) is 0 Å². The molecule has 0 saturated heterocycles. The second kappa shape index (κ2) is 6.01. The SMILES string of the molecule is N#CC(O)C(O)c1cccc(Oc2ccccc2)c1. The first-order valence-electron chi connectivity index (χ1n) is 5.79. The number of hydrogen-bond acceptors (Lipinski definition) is 4. The molecule has 4 heteroatoms. The second-order valence-corrected chi connectivity index (χ2v) is 4.01. The van der Waals surface area contributed by atoms with Crippen molar-refractivity contribution in [2.24, 2.45) is 0 Å². The number of nitrogens with zero attached hydrogens (tertiary/aromatic N) is 1. The minimum Gasteiger partial charge on any atom is -0.457 e. The number of benzene rings is 2. The van der Waals surface area contributed by atoms with Crippen LogP contribution in [0.25, 0.3) is 0 Å². The van der Waals surface area contributed by atoms with Crippen molar-refractivity contribution in [3.63, 3.8) is 0 Å². The number of hydrogen-bond donors (Lipinski definition) is 2. The summed E-state index contributed by atoms with van der Waals surface area (Å²) in [5.41, 5.74) is 0.433. The highest BCUT2D eigenvalue weighted by Gasteiger charge is 2.17. The zero-order chi connectivity index (χ0) is 13.7. The lowest BCUT2D eigenvalue weighted by Crippen LogP contribution is -2.15. The smallest absolute Gasteiger partial charge is 0.170 e. The third-order valence-electron chi connectivity index (χ3n) is 2.61. The Morgan fingerprint density at radius 3 is 2.32 bits per heavy atom. The van der Waals surface area contributed by atoms with Crippen LogP contribution >= 0.6 is 0 Å². The van der Waals surface area contributed by atoms with Crippen LogP contribution < -0.4 is 4.74 Å². The summed E-state index contributed by atoms with van der Waals surface area (Å²) in [6.07, 6.45) is -2.70. The third-order valence-corrected chi connectivity index (χ3v) is 2.61. The molecule has 2 aromatic carbocycles. The maximum atomic E-state index is 9.75. The van der Waals surface area contributed by atoms with Crippen molar-refractivity contribution in [1.29, 1.82) is 5.26 Å². The molecule has 0 spiro atoms. The molecule has 2 N–H and O–H groups in total. The van der Waals surface area contributed by atoms with Gasteiger partial charge in [0.05, 0.1) is 6.07 Å². The van der Waals surface area contributed by atoms with Crippen molar-refractivity contribution >= 4 is 0 Å². The zero-order valence-corrected chi connectivity index (χ0v) is 10.1. The Labute approximate surface area is 111 Å². The molecule has 2 rings (SSSR count). The van der Waals surface area contributed by atoms with E-state index in [4.69, 9.17) is 10.00 Å². The van der Waals surface area contributed by atoms with Crippen molar-refractivity contribution in [2.75, 3.05) is 0 Å². The van der Waals surface area contributed by atoms with Crippen LogP contribution in [0.2, 0.25) is 0 Å². The Bertz CT molecular complexity index is 577. The van der Waals surface area contributed by atoms with E-state index < -0.39 is 12.2 Å². The number of aliphatic hydroxyl groups is 2. The minimum absolute atomic E-state index is 0.433. The summed E-state index contributed by atoms with van der Waals surface area (Å²) in [5.74, 6) is 1.21. The first-order valence-corrected chi connectivity index (χ1v) is 5.79. The van der Waals surface area contributed by atoms with Crippen molar-refractivity contribution in [1.82, 2.24) is 0 Å². The van der Waals surface area contributed by atoms with Gasteiger partial charge >= 0.3 is 0 Å². The molecule has 2 aromatic rings. The standard InChI is InChI=1S/C15H13NO3/c16-10-14(17)15(18)11-5-4-8-13(9-11)19-12-6-2-1-3-7-12/h1-9,14-15,17-18H. The molecule has 0 heterocycles. The van der Waals surface area contributed by atoms with Crippen molar-refractivity contribution in [3.8, 4) is 17.6 Å². The van der Waals surface area contributed by atoms with Gasteiger partial charge in [-0.05, 0) is 29.8 Å². The molecule has 0 aliphatic carbocycles. The molecule has 0 saturated carbocycles. The number of nitriles is 1. The molecular formula is C15H13NO3. The third kappa shape index (κ3) is 3.32. The van der Waals surface area contributed by atoms with Crippen LogP contribution in [-0.4, -0.2) is 16.3 Å². The summed E-state index contributed by atoms with van der Waals surface area (Å²) in [4.78, 5) is 0. The Balaban J connectivity index is 2.18. The van der Waals surface area contributed by atoms with E-state index in [1.807, 2.05) is 30.3 Å². The van der Waals surface area contributed by atoms with Gasteiger partial charge < -0.3 is 14.9 Å². The summed E-state index contributed by atoms with van der Waals surface area (Å²) in [6, 6.07) is 17.5. The Morgan fingerprint density at radius 1 is 0.947 bits per heavy atom. The summed E-state index contributed by atoms with van der Waals surface area (Å²) < 4.78 is 5.61. The quantitative estimate of drug-likeness (QED) is 0.823. The fraction of sp³-hybridized carbons (Fsp3) is 0.133. The monoisotopic (exact) mass is 255 g/mol. The molecule has 4 nitrogen and oxygen atoms in total. The summed E-state index contributed by atoms with van der Waals surface area (Å²) in [5, 5.41) is 27.6. The molecule has 0 fully saturated rings. The van der Waals surface area contributed by atoms with Crippen molar-refractivity contribution < 1.29 is 14.9 Å². The van der Waals surface area contributed by atoms with Crippen molar-refractivity contribution in [3.05, 3.63) is 60.2 Å². The van der Waals surface area contributed by atoms with E-state index in [0.29, 0.717) is 17.1 Å². The lowest BCUT2D eigenvalue weighted by atomic mass is 10.1. The van der Waals surface area contributed by atoms with E-state index in [2.05, 4.69) is 0 Å². The van der Waals surface area contributed by atoms with Gasteiger partial charge in [0.2, 0.25) is 0 Å². The van der Waals surface area contributed by atoms with Gasteiger partial charge in [0.15, 0.2) is 6.10 Å². The topological polar surface area (TPSA) is 73.5 Å². The van der Waals surface area contributed by atoms with E-state index in [9.17, 15) is 10.2 Å². The Kier molecular flexibility index (Phi) is 4.14. The molecule has 0 aliphatic heterocycles. The van der Waals surface area contributed by atoms with Gasteiger partial charge in [-0.2, -0.15) is 5.26 Å². The van der Waals surface area contributed by atoms with Crippen molar-refractivity contribution in [2.45, 2.75) is 12.2 Å². The van der Waals surface area contributed by atoms with Crippen LogP contribution in [0, 0.1) is 11.3 Å². The van der Waals surface area contributed by atoms with Gasteiger partial charge in [0, 0.05) is 0 Å². The highest BCUT2D eigenvalue weighted by molar-refractivity contribution is 5.35. The zero-order valence-electron chi connectivity index (χ0n) is 10.1. The van der Waals surface area contributed by atoms with Gasteiger partial charge in [0.25, 0.3) is 0 Å². The maximum Gasteiger partial charge on any atom is 0.170 e. The first kappa shape index (κ1) is 13.1. The van der Waals surface area contributed by atoms with E-state index >= 15 is 0 Å². The van der Waals surface area contributed by atoms with Gasteiger partial charge in [0.1, 0.15) is 17.6 Å². The fourth-order valence-corrected chi connectivity index (χ4v) is 1.64. The molecule has 2 unspecified atom stereocenters. The van der Waals surface area contributed by atoms with Crippen LogP contribution in [-0.2, 0) is 0 Å². The molecule has 19 heavy (non-hydrogen) atoms. The second-order valence-electron chi connectivity index (χ2n) is 4.01. The lowest BCUT2D eigenvalue weighted by molar-refractivity contribution is 0.0527. The van der Waals surface area contributed by atoms with Crippen LogP contribution in [0.4, 0.5) is 0 Å². The normalized spacial score (nSPS) is 13.3. The van der Waals surface area contributed by atoms with Gasteiger partial charge in [-0.25, -0.2) is 0 Å². The molecule has 0 aliphatic rings. The largest absolute Gasteiger partial charge is 0.457 e. The molecule has 96 valence electrons. The summed E-state index contributed by atoms with van der Waals surface area (Å²) >= 11 is 0. The molecule has 0 aromatic heterocycles. The predicted octanol–water partition coefficient (Wildman–Crippen LogP) is 2.40. The first-order chi connectivity index (χ1) is 9.20. The highest BCUT2D eigenvalue weighted by Crippen LogP contribution is 2.25. The van der Waals surface area contributed by atoms with E-state index in [1.165, 1.54) is 0 Å². The predicted molar refractivity (Wildman–Crippen MR) is 69.5 cm³/mol. The number of para-hydroxylation sites is 1. The molecule has 0 radical (unpaired) electrons. The molecule has 0 bridgehead atoms. The average molecular weight is 255 g/mol. The number of ether oxygens (including phenoxy) is 1. The van der Waals surface area contributed by atoms with Crippen LogP contribution in [0.5, 0.6) is 11.5 Å². The van der Waals surface area contributed by atoms with Crippen LogP contribution in [0.1, 0.15) is 11.7 Å². The number of rotatable bonds is 4. The van der Waals surface area contributed by atoms with E-state index in [1.54, 1.807) is 30.3 Å². The molecule has 2 atom stereocenters. The minimum atomic E-state index is -1.45. The van der Waals surface area contributed by atoms with E-state index in [-0.39, 0.29) is 0 Å². The summed E-state index contributed by atoms with van der Waals surface area (Å²) in [7, 11) is 0.